The van der Waals surface area contributed by atoms with E-state index in [1.807, 2.05) is 23.6 Å². The van der Waals surface area contributed by atoms with Crippen molar-refractivity contribution >= 4 is 5.65 Å². The Balaban J connectivity index is 2.13. The van der Waals surface area contributed by atoms with E-state index in [4.69, 9.17) is 5.73 Å². The number of nitrogens with two attached hydrogens (primary N) is 1. The van der Waals surface area contributed by atoms with Crippen molar-refractivity contribution in [2.24, 2.45) is 5.73 Å². The van der Waals surface area contributed by atoms with Crippen molar-refractivity contribution in [3.8, 4) is 11.3 Å². The standard InChI is InChI=1S/C16H18N4/c1-11-4-3-5-13(8-11)15-9-16-19-14(6-7-17)10-20(16)12(2)18-15/h3-5,8-10H,6-7,17H2,1-2H3. The second-order valence-electron chi connectivity index (χ2n) is 5.06. The molecule has 0 amide bonds. The molecular formula is C16H18N4. The molecule has 3 rings (SSSR count). The molecule has 1 aromatic carbocycles. The quantitative estimate of drug-likeness (QED) is 0.792. The van der Waals surface area contributed by atoms with E-state index in [9.17, 15) is 0 Å². The van der Waals surface area contributed by atoms with Crippen LogP contribution in [0.3, 0.4) is 0 Å². The highest BCUT2D eigenvalue weighted by Crippen LogP contribution is 2.21. The average molecular weight is 266 g/mol. The number of fused-ring (bicyclic) bond motifs is 1. The summed E-state index contributed by atoms with van der Waals surface area (Å²) >= 11 is 0. The highest BCUT2D eigenvalue weighted by Gasteiger charge is 2.08. The summed E-state index contributed by atoms with van der Waals surface area (Å²) in [7, 11) is 0. The van der Waals surface area contributed by atoms with Gasteiger partial charge in [-0.3, -0.25) is 4.40 Å². The zero-order valence-corrected chi connectivity index (χ0v) is 11.8. The Bertz CT molecular complexity index is 758. The Hall–Kier alpha value is -2.20. The Kier molecular flexibility index (Phi) is 3.24. The van der Waals surface area contributed by atoms with E-state index in [1.165, 1.54) is 5.56 Å². The summed E-state index contributed by atoms with van der Waals surface area (Å²) in [5.74, 6) is 0.940. The summed E-state index contributed by atoms with van der Waals surface area (Å²) in [4.78, 5) is 9.29. The lowest BCUT2D eigenvalue weighted by Gasteiger charge is -2.05. The number of hydrogen-bond donors (Lipinski definition) is 1. The van der Waals surface area contributed by atoms with Crippen molar-refractivity contribution in [2.75, 3.05) is 6.54 Å². The monoisotopic (exact) mass is 266 g/mol. The van der Waals surface area contributed by atoms with E-state index < -0.39 is 0 Å². The molecule has 2 aromatic heterocycles. The number of rotatable bonds is 3. The molecule has 0 unspecified atom stereocenters. The first-order chi connectivity index (χ1) is 9.67. The van der Waals surface area contributed by atoms with Crippen molar-refractivity contribution in [1.82, 2.24) is 14.4 Å². The van der Waals surface area contributed by atoms with Crippen molar-refractivity contribution < 1.29 is 0 Å². The molecule has 4 heteroatoms. The lowest BCUT2D eigenvalue weighted by molar-refractivity contribution is 0.933. The first kappa shape index (κ1) is 12.8. The lowest BCUT2D eigenvalue weighted by atomic mass is 10.1. The summed E-state index contributed by atoms with van der Waals surface area (Å²) in [5.41, 5.74) is 10.9. The van der Waals surface area contributed by atoms with Gasteiger partial charge in [0, 0.05) is 24.2 Å². The number of aromatic nitrogens is 3. The van der Waals surface area contributed by atoms with Crippen LogP contribution in [0.1, 0.15) is 17.1 Å². The second kappa shape index (κ2) is 5.06. The predicted molar refractivity (Wildman–Crippen MR) is 80.7 cm³/mol. The van der Waals surface area contributed by atoms with Crippen molar-refractivity contribution in [2.45, 2.75) is 20.3 Å². The van der Waals surface area contributed by atoms with E-state index >= 15 is 0 Å². The van der Waals surface area contributed by atoms with Crippen molar-refractivity contribution in [1.29, 1.82) is 0 Å². The number of aryl methyl sites for hydroxylation is 2. The van der Waals surface area contributed by atoms with Gasteiger partial charge in [0.15, 0.2) is 0 Å². The van der Waals surface area contributed by atoms with Gasteiger partial charge in [0.25, 0.3) is 0 Å². The summed E-state index contributed by atoms with van der Waals surface area (Å²) < 4.78 is 2.02. The van der Waals surface area contributed by atoms with Gasteiger partial charge >= 0.3 is 0 Å². The van der Waals surface area contributed by atoms with Gasteiger partial charge < -0.3 is 5.73 Å². The minimum atomic E-state index is 0.612. The number of hydrogen-bond acceptors (Lipinski definition) is 3. The largest absolute Gasteiger partial charge is 0.330 e. The summed E-state index contributed by atoms with van der Waals surface area (Å²) in [6.07, 6.45) is 2.81. The topological polar surface area (TPSA) is 56.2 Å². The van der Waals surface area contributed by atoms with Crippen LogP contribution in [-0.4, -0.2) is 20.9 Å². The van der Waals surface area contributed by atoms with Crippen molar-refractivity contribution in [3.63, 3.8) is 0 Å². The molecule has 2 heterocycles. The maximum atomic E-state index is 5.59. The minimum absolute atomic E-state index is 0.612. The molecule has 0 bridgehead atoms. The maximum absolute atomic E-state index is 5.59. The van der Waals surface area contributed by atoms with Gasteiger partial charge in [-0.2, -0.15) is 0 Å². The predicted octanol–water partition coefficient (Wildman–Crippen LogP) is 2.51. The van der Waals surface area contributed by atoms with Gasteiger partial charge in [0.1, 0.15) is 11.5 Å². The Morgan fingerprint density at radius 2 is 2.00 bits per heavy atom. The molecule has 0 aliphatic rings. The van der Waals surface area contributed by atoms with E-state index in [-0.39, 0.29) is 0 Å². The Labute approximate surface area is 118 Å². The van der Waals surface area contributed by atoms with Gasteiger partial charge in [-0.1, -0.05) is 23.8 Å². The molecule has 20 heavy (non-hydrogen) atoms. The third-order valence-electron chi connectivity index (χ3n) is 3.39. The van der Waals surface area contributed by atoms with Crippen LogP contribution in [0.25, 0.3) is 16.9 Å². The fraction of sp³-hybridized carbons (Fsp3) is 0.250. The molecule has 0 aliphatic heterocycles. The molecule has 102 valence electrons. The Morgan fingerprint density at radius 3 is 2.75 bits per heavy atom. The van der Waals surface area contributed by atoms with Crippen LogP contribution in [0.2, 0.25) is 0 Å². The van der Waals surface area contributed by atoms with Crippen LogP contribution in [0.15, 0.2) is 36.5 Å². The fourth-order valence-electron chi connectivity index (χ4n) is 2.41. The van der Waals surface area contributed by atoms with Gasteiger partial charge in [-0.25, -0.2) is 9.97 Å². The molecule has 2 N–H and O–H groups in total. The number of benzene rings is 1. The zero-order valence-electron chi connectivity index (χ0n) is 11.8. The first-order valence-electron chi connectivity index (χ1n) is 6.80. The molecule has 0 saturated heterocycles. The van der Waals surface area contributed by atoms with Gasteiger partial charge in [0.05, 0.1) is 11.4 Å². The van der Waals surface area contributed by atoms with Crippen LogP contribution in [-0.2, 0) is 6.42 Å². The zero-order chi connectivity index (χ0) is 14.1. The smallest absolute Gasteiger partial charge is 0.140 e. The van der Waals surface area contributed by atoms with Gasteiger partial charge in [-0.15, -0.1) is 0 Å². The number of nitrogens with zero attached hydrogens (tertiary/aromatic N) is 3. The molecule has 0 atom stereocenters. The van der Waals surface area contributed by atoms with Crippen molar-refractivity contribution in [3.05, 3.63) is 53.6 Å². The van der Waals surface area contributed by atoms with Gasteiger partial charge in [-0.05, 0) is 26.5 Å². The Morgan fingerprint density at radius 1 is 1.15 bits per heavy atom. The summed E-state index contributed by atoms with van der Waals surface area (Å²) in [6, 6.07) is 10.4. The highest BCUT2D eigenvalue weighted by atomic mass is 15.1. The van der Waals surface area contributed by atoms with Crippen LogP contribution >= 0.6 is 0 Å². The number of imidazole rings is 1. The van der Waals surface area contributed by atoms with E-state index in [1.54, 1.807) is 0 Å². The molecule has 0 saturated carbocycles. The summed E-state index contributed by atoms with van der Waals surface area (Å²) in [5, 5.41) is 0. The summed E-state index contributed by atoms with van der Waals surface area (Å²) in [6.45, 7) is 4.70. The minimum Gasteiger partial charge on any atom is -0.330 e. The first-order valence-corrected chi connectivity index (χ1v) is 6.80. The van der Waals surface area contributed by atoms with Crippen LogP contribution in [0, 0.1) is 13.8 Å². The molecule has 3 aromatic rings. The highest BCUT2D eigenvalue weighted by molar-refractivity contribution is 5.64. The maximum Gasteiger partial charge on any atom is 0.140 e. The van der Waals surface area contributed by atoms with E-state index in [0.29, 0.717) is 6.54 Å². The molecular weight excluding hydrogens is 248 g/mol. The molecule has 0 aliphatic carbocycles. The molecule has 0 spiro atoms. The van der Waals surface area contributed by atoms with Crippen LogP contribution < -0.4 is 5.73 Å². The molecule has 0 radical (unpaired) electrons. The second-order valence-corrected chi connectivity index (χ2v) is 5.06. The van der Waals surface area contributed by atoms with E-state index in [0.717, 1.165) is 34.8 Å². The SMILES string of the molecule is Cc1cccc(-c2cc3nc(CCN)cn3c(C)n2)c1. The van der Waals surface area contributed by atoms with Crippen LogP contribution in [0.4, 0.5) is 0 Å². The van der Waals surface area contributed by atoms with Crippen LogP contribution in [0.5, 0.6) is 0 Å². The fourth-order valence-corrected chi connectivity index (χ4v) is 2.41. The van der Waals surface area contributed by atoms with E-state index in [2.05, 4.69) is 41.2 Å². The lowest BCUT2D eigenvalue weighted by Crippen LogP contribution is -2.02. The molecule has 0 fully saturated rings. The molecule has 4 nitrogen and oxygen atoms in total. The average Bonchev–Trinajstić information content (AvgIpc) is 2.82. The normalized spacial score (nSPS) is 11.2. The van der Waals surface area contributed by atoms with Gasteiger partial charge in [0.2, 0.25) is 0 Å². The third kappa shape index (κ3) is 2.30. The third-order valence-corrected chi connectivity index (χ3v) is 3.39.